The maximum absolute atomic E-state index is 12.0. The first-order chi connectivity index (χ1) is 11.1. The molecule has 122 valence electrons. The molecule has 0 aliphatic carbocycles. The van der Waals surface area contributed by atoms with Crippen LogP contribution in [0.2, 0.25) is 0 Å². The van der Waals surface area contributed by atoms with Gasteiger partial charge in [0.1, 0.15) is 11.5 Å². The number of amides is 1. The second-order valence-electron chi connectivity index (χ2n) is 5.67. The van der Waals surface area contributed by atoms with Gasteiger partial charge in [0.25, 0.3) is 0 Å². The summed E-state index contributed by atoms with van der Waals surface area (Å²) in [5, 5.41) is 6.04. The quantitative estimate of drug-likeness (QED) is 0.822. The molecule has 0 spiro atoms. The molecule has 0 saturated carbocycles. The summed E-state index contributed by atoms with van der Waals surface area (Å²) in [4.78, 5) is 12.0. The lowest BCUT2D eigenvalue weighted by molar-refractivity contribution is -0.125. The fraction of sp³-hybridized carbons (Fsp3) is 0.316. The Morgan fingerprint density at radius 3 is 2.22 bits per heavy atom. The summed E-state index contributed by atoms with van der Waals surface area (Å²) in [7, 11) is 1.85. The van der Waals surface area contributed by atoms with Crippen LogP contribution in [0.15, 0.2) is 54.6 Å². The Bertz CT molecular complexity index is 611. The fourth-order valence-corrected chi connectivity index (χ4v) is 2.29. The van der Waals surface area contributed by atoms with Crippen LogP contribution in [0.25, 0.3) is 0 Å². The average molecular weight is 312 g/mol. The smallest absolute Gasteiger partial charge is 0.224 e. The fourth-order valence-electron chi connectivity index (χ4n) is 2.29. The highest BCUT2D eigenvalue weighted by atomic mass is 16.5. The van der Waals surface area contributed by atoms with Crippen molar-refractivity contribution in [2.45, 2.75) is 19.9 Å². The molecule has 0 aromatic heterocycles. The summed E-state index contributed by atoms with van der Waals surface area (Å²) in [5.41, 5.74) is 1.05. The molecule has 2 aromatic carbocycles. The lowest BCUT2D eigenvalue weighted by atomic mass is 10.1. The molecule has 2 unspecified atom stereocenters. The van der Waals surface area contributed by atoms with Crippen LogP contribution in [0.4, 0.5) is 0 Å². The van der Waals surface area contributed by atoms with Gasteiger partial charge in [-0.3, -0.25) is 4.79 Å². The van der Waals surface area contributed by atoms with E-state index in [1.807, 2.05) is 75.5 Å². The highest BCUT2D eigenvalue weighted by Gasteiger charge is 2.15. The third-order valence-electron chi connectivity index (χ3n) is 3.68. The number of para-hydroxylation sites is 1. The minimum atomic E-state index is -0.0527. The second-order valence-corrected chi connectivity index (χ2v) is 5.67. The van der Waals surface area contributed by atoms with Crippen molar-refractivity contribution < 1.29 is 9.53 Å². The molecule has 2 N–H and O–H groups in total. The van der Waals surface area contributed by atoms with Crippen LogP contribution in [-0.2, 0) is 4.79 Å². The molecule has 0 heterocycles. The van der Waals surface area contributed by atoms with Crippen molar-refractivity contribution in [3.63, 3.8) is 0 Å². The van der Waals surface area contributed by atoms with Crippen molar-refractivity contribution in [1.29, 1.82) is 0 Å². The van der Waals surface area contributed by atoms with E-state index in [4.69, 9.17) is 4.74 Å². The van der Waals surface area contributed by atoms with Crippen molar-refractivity contribution in [3.8, 4) is 11.5 Å². The number of hydrogen-bond donors (Lipinski definition) is 2. The van der Waals surface area contributed by atoms with Gasteiger partial charge in [0.2, 0.25) is 5.91 Å². The van der Waals surface area contributed by atoms with Gasteiger partial charge >= 0.3 is 0 Å². The zero-order valence-electron chi connectivity index (χ0n) is 13.9. The van der Waals surface area contributed by atoms with Crippen LogP contribution in [0.5, 0.6) is 11.5 Å². The summed E-state index contributed by atoms with van der Waals surface area (Å²) < 4.78 is 5.77. The van der Waals surface area contributed by atoms with E-state index in [2.05, 4.69) is 10.6 Å². The van der Waals surface area contributed by atoms with Crippen LogP contribution >= 0.6 is 0 Å². The molecule has 0 aliphatic rings. The minimum absolute atomic E-state index is 0.0346. The Morgan fingerprint density at radius 1 is 1.00 bits per heavy atom. The molecule has 2 atom stereocenters. The first-order valence-electron chi connectivity index (χ1n) is 7.88. The van der Waals surface area contributed by atoms with E-state index in [0.717, 1.165) is 17.1 Å². The molecule has 1 amide bonds. The number of carbonyl (C=O) groups is 1. The Balaban J connectivity index is 1.94. The Hall–Kier alpha value is -2.33. The van der Waals surface area contributed by atoms with Gasteiger partial charge in [0.15, 0.2) is 0 Å². The van der Waals surface area contributed by atoms with E-state index in [-0.39, 0.29) is 17.9 Å². The average Bonchev–Trinajstić information content (AvgIpc) is 2.56. The maximum Gasteiger partial charge on any atom is 0.224 e. The number of rotatable bonds is 7. The minimum Gasteiger partial charge on any atom is -0.457 e. The van der Waals surface area contributed by atoms with Gasteiger partial charge in [0, 0.05) is 12.5 Å². The number of ether oxygens (including phenoxy) is 1. The molecule has 0 fully saturated rings. The topological polar surface area (TPSA) is 50.4 Å². The highest BCUT2D eigenvalue weighted by Crippen LogP contribution is 2.23. The number of carbonyl (C=O) groups excluding carboxylic acids is 1. The van der Waals surface area contributed by atoms with Crippen molar-refractivity contribution in [1.82, 2.24) is 10.6 Å². The first kappa shape index (κ1) is 17.0. The Labute approximate surface area is 137 Å². The van der Waals surface area contributed by atoms with E-state index < -0.39 is 0 Å². The summed E-state index contributed by atoms with van der Waals surface area (Å²) >= 11 is 0. The van der Waals surface area contributed by atoms with E-state index >= 15 is 0 Å². The maximum atomic E-state index is 12.0. The lowest BCUT2D eigenvalue weighted by Gasteiger charge is -2.18. The summed E-state index contributed by atoms with van der Waals surface area (Å²) in [6, 6.07) is 17.4. The monoisotopic (exact) mass is 312 g/mol. The normalized spacial score (nSPS) is 13.2. The molecule has 0 saturated heterocycles. The molecule has 2 rings (SSSR count). The molecular formula is C19H24N2O2. The van der Waals surface area contributed by atoms with Gasteiger partial charge in [-0.1, -0.05) is 37.3 Å². The van der Waals surface area contributed by atoms with Crippen molar-refractivity contribution in [3.05, 3.63) is 60.2 Å². The largest absolute Gasteiger partial charge is 0.457 e. The summed E-state index contributed by atoms with van der Waals surface area (Å²) in [6.07, 6.45) is 0. The molecule has 4 heteroatoms. The van der Waals surface area contributed by atoms with Gasteiger partial charge < -0.3 is 15.4 Å². The van der Waals surface area contributed by atoms with E-state index in [0.29, 0.717) is 6.54 Å². The molecule has 0 aliphatic heterocycles. The Kier molecular flexibility index (Phi) is 6.18. The zero-order valence-corrected chi connectivity index (χ0v) is 13.9. The highest BCUT2D eigenvalue weighted by molar-refractivity contribution is 5.78. The summed E-state index contributed by atoms with van der Waals surface area (Å²) in [6.45, 7) is 4.56. The van der Waals surface area contributed by atoms with Crippen LogP contribution < -0.4 is 15.4 Å². The Morgan fingerprint density at radius 2 is 1.61 bits per heavy atom. The third kappa shape index (κ3) is 5.11. The van der Waals surface area contributed by atoms with Gasteiger partial charge in [-0.2, -0.15) is 0 Å². The molecule has 23 heavy (non-hydrogen) atoms. The standard InChI is InChI=1S/C19H24N2O2/c1-14(13-20-3)19(22)21-15(2)16-9-11-18(12-10-16)23-17-7-5-4-6-8-17/h4-12,14-15,20H,13H2,1-3H3,(H,21,22). The van der Waals surface area contributed by atoms with Crippen LogP contribution in [-0.4, -0.2) is 19.5 Å². The van der Waals surface area contributed by atoms with E-state index in [1.165, 1.54) is 0 Å². The van der Waals surface area contributed by atoms with Crippen LogP contribution in [0.3, 0.4) is 0 Å². The van der Waals surface area contributed by atoms with Crippen molar-refractivity contribution in [2.75, 3.05) is 13.6 Å². The van der Waals surface area contributed by atoms with Gasteiger partial charge in [-0.25, -0.2) is 0 Å². The van der Waals surface area contributed by atoms with Crippen LogP contribution in [0.1, 0.15) is 25.5 Å². The predicted molar refractivity (Wildman–Crippen MR) is 92.6 cm³/mol. The second kappa shape index (κ2) is 8.34. The zero-order chi connectivity index (χ0) is 16.7. The summed E-state index contributed by atoms with van der Waals surface area (Å²) in [5.74, 6) is 1.59. The molecule has 0 bridgehead atoms. The van der Waals surface area contributed by atoms with E-state index in [9.17, 15) is 4.79 Å². The third-order valence-corrected chi connectivity index (χ3v) is 3.68. The van der Waals surface area contributed by atoms with E-state index in [1.54, 1.807) is 0 Å². The SMILES string of the molecule is CNCC(C)C(=O)NC(C)c1ccc(Oc2ccccc2)cc1. The van der Waals surface area contributed by atoms with Crippen molar-refractivity contribution >= 4 is 5.91 Å². The molecule has 4 nitrogen and oxygen atoms in total. The van der Waals surface area contributed by atoms with Gasteiger partial charge in [-0.15, -0.1) is 0 Å². The van der Waals surface area contributed by atoms with Crippen LogP contribution in [0, 0.1) is 5.92 Å². The number of benzene rings is 2. The molecule has 0 radical (unpaired) electrons. The van der Waals surface area contributed by atoms with Gasteiger partial charge in [-0.05, 0) is 43.8 Å². The first-order valence-corrected chi connectivity index (χ1v) is 7.88. The number of hydrogen-bond acceptors (Lipinski definition) is 3. The van der Waals surface area contributed by atoms with Crippen molar-refractivity contribution in [2.24, 2.45) is 5.92 Å². The predicted octanol–water partition coefficient (Wildman–Crippen LogP) is 3.51. The lowest BCUT2D eigenvalue weighted by Crippen LogP contribution is -2.35. The number of nitrogens with one attached hydrogen (secondary N) is 2. The molecule has 2 aromatic rings. The molecular weight excluding hydrogens is 288 g/mol. The van der Waals surface area contributed by atoms with Gasteiger partial charge in [0.05, 0.1) is 6.04 Å².